The molecule has 34 heavy (non-hydrogen) atoms. The van der Waals surface area contributed by atoms with Gasteiger partial charge in [-0.15, -0.1) is 0 Å². The standard InChI is InChI=1S/C25H32N4O4S/c30-24(26-13-14-28-15-17-29(18-16-28)21-8-2-1-3-9-21)25(31)27-20-7-6-12-23(19-20)34(32,33)22-10-4-5-11-22/h1-3,6-9,12,19,22H,4-5,10-11,13-18H2,(H,26,30)(H,27,31). The van der Waals surface area contributed by atoms with E-state index in [0.29, 0.717) is 31.6 Å². The third-order valence-electron chi connectivity index (χ3n) is 6.57. The van der Waals surface area contributed by atoms with Gasteiger partial charge in [-0.1, -0.05) is 37.1 Å². The summed E-state index contributed by atoms with van der Waals surface area (Å²) in [6, 6.07) is 16.4. The molecule has 2 N–H and O–H groups in total. The van der Waals surface area contributed by atoms with Gasteiger partial charge in [0.15, 0.2) is 9.84 Å². The van der Waals surface area contributed by atoms with E-state index in [1.807, 2.05) is 18.2 Å². The molecule has 0 unspecified atom stereocenters. The summed E-state index contributed by atoms with van der Waals surface area (Å²) in [7, 11) is -3.43. The number of sulfone groups is 1. The van der Waals surface area contributed by atoms with Crippen LogP contribution in [0, 0.1) is 0 Å². The SMILES string of the molecule is O=C(NCCN1CCN(c2ccccc2)CC1)C(=O)Nc1cccc(S(=O)(=O)C2CCCC2)c1. The number of amides is 2. The topological polar surface area (TPSA) is 98.8 Å². The molecule has 182 valence electrons. The average molecular weight is 485 g/mol. The van der Waals surface area contributed by atoms with E-state index in [1.165, 1.54) is 11.8 Å². The summed E-state index contributed by atoms with van der Waals surface area (Å²) in [5.74, 6) is -1.53. The summed E-state index contributed by atoms with van der Waals surface area (Å²) in [5, 5.41) is 4.81. The predicted molar refractivity (Wildman–Crippen MR) is 133 cm³/mol. The maximum Gasteiger partial charge on any atom is 0.313 e. The first-order valence-corrected chi connectivity index (χ1v) is 13.4. The van der Waals surface area contributed by atoms with Crippen molar-refractivity contribution in [3.8, 4) is 0 Å². The Balaban J connectivity index is 1.21. The largest absolute Gasteiger partial charge is 0.369 e. The molecule has 0 spiro atoms. The number of hydrogen-bond acceptors (Lipinski definition) is 6. The van der Waals surface area contributed by atoms with Gasteiger partial charge in [-0.25, -0.2) is 8.42 Å². The summed E-state index contributed by atoms with van der Waals surface area (Å²) in [4.78, 5) is 29.4. The van der Waals surface area contributed by atoms with E-state index in [1.54, 1.807) is 18.2 Å². The quantitative estimate of drug-likeness (QED) is 0.585. The molecule has 8 nitrogen and oxygen atoms in total. The van der Waals surface area contributed by atoms with Gasteiger partial charge in [0, 0.05) is 50.6 Å². The summed E-state index contributed by atoms with van der Waals surface area (Å²) >= 11 is 0. The highest BCUT2D eigenvalue weighted by Crippen LogP contribution is 2.30. The highest BCUT2D eigenvalue weighted by Gasteiger charge is 2.30. The Morgan fingerprint density at radius 1 is 0.882 bits per heavy atom. The summed E-state index contributed by atoms with van der Waals surface area (Å²) in [6.45, 7) is 4.64. The Morgan fingerprint density at radius 2 is 1.59 bits per heavy atom. The molecule has 2 aliphatic rings. The first-order valence-electron chi connectivity index (χ1n) is 11.9. The van der Waals surface area contributed by atoms with Crippen molar-refractivity contribution < 1.29 is 18.0 Å². The van der Waals surface area contributed by atoms with Crippen molar-refractivity contribution in [1.82, 2.24) is 10.2 Å². The van der Waals surface area contributed by atoms with Gasteiger partial charge in [0.05, 0.1) is 10.1 Å². The zero-order chi connectivity index (χ0) is 24.0. The van der Waals surface area contributed by atoms with E-state index in [-0.39, 0.29) is 10.1 Å². The van der Waals surface area contributed by atoms with Crippen LogP contribution in [0.15, 0.2) is 59.5 Å². The Labute approximate surface area is 201 Å². The molecule has 2 fully saturated rings. The zero-order valence-electron chi connectivity index (χ0n) is 19.3. The van der Waals surface area contributed by atoms with Gasteiger partial charge in [0.1, 0.15) is 0 Å². The van der Waals surface area contributed by atoms with Gasteiger partial charge in [-0.3, -0.25) is 14.5 Å². The number of hydrogen-bond donors (Lipinski definition) is 2. The van der Waals surface area contributed by atoms with Crippen LogP contribution in [0.25, 0.3) is 0 Å². The van der Waals surface area contributed by atoms with Crippen LogP contribution in [0.2, 0.25) is 0 Å². The van der Waals surface area contributed by atoms with E-state index in [4.69, 9.17) is 0 Å². The smallest absolute Gasteiger partial charge is 0.313 e. The molecule has 0 radical (unpaired) electrons. The molecule has 0 bridgehead atoms. The molecular formula is C25H32N4O4S. The maximum atomic E-state index is 12.8. The third-order valence-corrected chi connectivity index (χ3v) is 8.83. The number of para-hydroxylation sites is 1. The van der Waals surface area contributed by atoms with E-state index in [0.717, 1.165) is 39.0 Å². The first-order chi connectivity index (χ1) is 16.4. The minimum absolute atomic E-state index is 0.187. The van der Waals surface area contributed by atoms with Crippen molar-refractivity contribution in [1.29, 1.82) is 0 Å². The second kappa shape index (κ2) is 11.0. The van der Waals surface area contributed by atoms with Crippen molar-refractivity contribution in [3.05, 3.63) is 54.6 Å². The minimum Gasteiger partial charge on any atom is -0.369 e. The molecule has 2 aromatic carbocycles. The lowest BCUT2D eigenvalue weighted by Crippen LogP contribution is -2.49. The second-order valence-electron chi connectivity index (χ2n) is 8.85. The van der Waals surface area contributed by atoms with Crippen LogP contribution in [0.5, 0.6) is 0 Å². The van der Waals surface area contributed by atoms with Crippen LogP contribution >= 0.6 is 0 Å². The van der Waals surface area contributed by atoms with Crippen molar-refractivity contribution in [2.75, 3.05) is 49.5 Å². The summed E-state index contributed by atoms with van der Waals surface area (Å²) in [5.41, 5.74) is 1.52. The van der Waals surface area contributed by atoms with Crippen molar-refractivity contribution in [2.24, 2.45) is 0 Å². The number of benzene rings is 2. The van der Waals surface area contributed by atoms with Gasteiger partial charge in [0.2, 0.25) is 0 Å². The zero-order valence-corrected chi connectivity index (χ0v) is 20.1. The Hall–Kier alpha value is -2.91. The fourth-order valence-electron chi connectivity index (χ4n) is 4.61. The van der Waals surface area contributed by atoms with Gasteiger partial charge in [-0.05, 0) is 43.2 Å². The summed E-state index contributed by atoms with van der Waals surface area (Å²) in [6.07, 6.45) is 3.18. The number of carbonyl (C=O) groups is 2. The normalized spacial score (nSPS) is 17.5. The number of rotatable bonds is 7. The van der Waals surface area contributed by atoms with Crippen LogP contribution < -0.4 is 15.5 Å². The van der Waals surface area contributed by atoms with E-state index < -0.39 is 21.7 Å². The molecule has 0 aromatic heterocycles. The average Bonchev–Trinajstić information content (AvgIpc) is 3.41. The fourth-order valence-corrected chi connectivity index (χ4v) is 6.50. The number of carbonyl (C=O) groups excluding carboxylic acids is 2. The molecule has 1 saturated heterocycles. The van der Waals surface area contributed by atoms with Crippen LogP contribution in [-0.2, 0) is 19.4 Å². The molecule has 1 saturated carbocycles. The van der Waals surface area contributed by atoms with Crippen LogP contribution in [0.3, 0.4) is 0 Å². The van der Waals surface area contributed by atoms with E-state index >= 15 is 0 Å². The number of nitrogens with zero attached hydrogens (tertiary/aromatic N) is 2. The molecule has 4 rings (SSSR count). The lowest BCUT2D eigenvalue weighted by atomic mass is 10.2. The van der Waals surface area contributed by atoms with Crippen LogP contribution in [-0.4, -0.2) is 69.7 Å². The molecular weight excluding hydrogens is 452 g/mol. The monoisotopic (exact) mass is 484 g/mol. The molecule has 0 atom stereocenters. The highest BCUT2D eigenvalue weighted by molar-refractivity contribution is 7.92. The molecule has 9 heteroatoms. The van der Waals surface area contributed by atoms with Crippen molar-refractivity contribution in [2.45, 2.75) is 35.8 Å². The van der Waals surface area contributed by atoms with Crippen molar-refractivity contribution in [3.63, 3.8) is 0 Å². The third kappa shape index (κ3) is 5.95. The van der Waals surface area contributed by atoms with Gasteiger partial charge >= 0.3 is 11.8 Å². The number of anilines is 2. The Kier molecular flexibility index (Phi) is 7.84. The molecule has 1 aliphatic carbocycles. The van der Waals surface area contributed by atoms with Crippen molar-refractivity contribution >= 4 is 33.0 Å². The lowest BCUT2D eigenvalue weighted by molar-refractivity contribution is -0.136. The Morgan fingerprint density at radius 3 is 2.29 bits per heavy atom. The molecule has 1 heterocycles. The second-order valence-corrected chi connectivity index (χ2v) is 11.1. The van der Waals surface area contributed by atoms with E-state index in [9.17, 15) is 18.0 Å². The lowest BCUT2D eigenvalue weighted by Gasteiger charge is -2.36. The van der Waals surface area contributed by atoms with Gasteiger partial charge < -0.3 is 15.5 Å². The minimum atomic E-state index is -3.43. The number of piperazine rings is 1. The van der Waals surface area contributed by atoms with Crippen LogP contribution in [0.4, 0.5) is 11.4 Å². The van der Waals surface area contributed by atoms with Gasteiger partial charge in [0.25, 0.3) is 0 Å². The number of nitrogens with one attached hydrogen (secondary N) is 2. The molecule has 2 amide bonds. The molecule has 1 aliphatic heterocycles. The highest BCUT2D eigenvalue weighted by atomic mass is 32.2. The van der Waals surface area contributed by atoms with Crippen LogP contribution in [0.1, 0.15) is 25.7 Å². The Bertz CT molecular complexity index is 1090. The summed E-state index contributed by atoms with van der Waals surface area (Å²) < 4.78 is 25.6. The maximum absolute atomic E-state index is 12.8. The first kappa shape index (κ1) is 24.2. The van der Waals surface area contributed by atoms with Gasteiger partial charge in [-0.2, -0.15) is 0 Å². The molecule has 2 aromatic rings. The van der Waals surface area contributed by atoms with E-state index in [2.05, 4.69) is 32.6 Å². The predicted octanol–water partition coefficient (Wildman–Crippen LogP) is 2.28. The fraction of sp³-hybridized carbons (Fsp3) is 0.440.